The van der Waals surface area contributed by atoms with E-state index in [1.807, 2.05) is 6.92 Å². The van der Waals surface area contributed by atoms with E-state index in [0.29, 0.717) is 12.3 Å². The summed E-state index contributed by atoms with van der Waals surface area (Å²) in [4.78, 5) is 10.7. The van der Waals surface area contributed by atoms with Gasteiger partial charge in [-0.1, -0.05) is 0 Å². The van der Waals surface area contributed by atoms with Gasteiger partial charge < -0.3 is 0 Å². The van der Waals surface area contributed by atoms with E-state index in [-0.39, 0.29) is 5.91 Å². The van der Waals surface area contributed by atoms with Gasteiger partial charge in [0.2, 0.25) is 0 Å². The summed E-state index contributed by atoms with van der Waals surface area (Å²) in [6.45, 7) is 1.99. The van der Waals surface area contributed by atoms with Crippen molar-refractivity contribution in [1.29, 1.82) is 0 Å². The van der Waals surface area contributed by atoms with Crippen LogP contribution in [0.15, 0.2) is 0 Å². The first-order valence-electron chi connectivity index (χ1n) is 3.46. The van der Waals surface area contributed by atoms with Crippen LogP contribution < -0.4 is 5.32 Å². The monoisotopic (exact) mass is 138 g/mol. The third kappa shape index (κ3) is 4.30. The van der Waals surface area contributed by atoms with Crippen molar-refractivity contribution in [1.82, 2.24) is 5.32 Å². The van der Waals surface area contributed by atoms with E-state index < -0.39 is 0 Å². The minimum absolute atomic E-state index is 0.0775. The number of carbonyl (C=O) groups excluding carboxylic acids is 1. The van der Waals surface area contributed by atoms with Crippen molar-refractivity contribution in [3.63, 3.8) is 0 Å². The molecule has 1 amide bonds. The molecule has 1 atom stereocenters. The van der Waals surface area contributed by atoms with Crippen molar-refractivity contribution in [2.45, 2.75) is 19.8 Å². The molecule has 0 aliphatic rings. The van der Waals surface area contributed by atoms with Crippen molar-refractivity contribution in [2.75, 3.05) is 7.05 Å². The van der Waals surface area contributed by atoms with Crippen molar-refractivity contribution >= 4 is 19.4 Å². The van der Waals surface area contributed by atoms with Crippen LogP contribution in [0.3, 0.4) is 0 Å². The molecule has 0 heterocycles. The Morgan fingerprint density at radius 1 is 1.80 bits per heavy atom. The molecule has 0 rings (SSSR count). The van der Waals surface area contributed by atoms with Gasteiger partial charge in [0.25, 0.3) is 0 Å². The van der Waals surface area contributed by atoms with E-state index in [2.05, 4.69) is 5.32 Å². The summed E-state index contributed by atoms with van der Waals surface area (Å²) in [5.74, 6) is 2.02. The van der Waals surface area contributed by atoms with Crippen LogP contribution in [-0.2, 0) is 4.79 Å². The van der Waals surface area contributed by atoms with Crippen LogP contribution in [-0.4, -0.2) is 26.4 Å². The number of nitrogens with one attached hydrogen (secondary N) is 1. The Kier molecular flexibility index (Phi) is 4.90. The van der Waals surface area contributed by atoms with Crippen LogP contribution in [0.5, 0.6) is 0 Å². The molecule has 0 spiro atoms. The predicted octanol–water partition coefficient (Wildman–Crippen LogP) is 0.119. The normalized spacial score (nSPS) is 12.1. The van der Waals surface area contributed by atoms with Gasteiger partial charge in [-0.05, 0) is 0 Å². The SMILES string of the molecule is [B]=CC(C)CCC(=O)NC. The van der Waals surface area contributed by atoms with E-state index in [0.717, 1.165) is 6.42 Å². The van der Waals surface area contributed by atoms with E-state index in [4.69, 9.17) is 7.49 Å². The Bertz CT molecular complexity index is 125. The Morgan fingerprint density at radius 2 is 2.40 bits per heavy atom. The summed E-state index contributed by atoms with van der Waals surface area (Å²) in [6, 6.07) is 0. The molecule has 0 saturated heterocycles. The molecule has 0 bridgehead atoms. The van der Waals surface area contributed by atoms with Gasteiger partial charge in [-0.3, -0.25) is 0 Å². The second-order valence-corrected chi connectivity index (χ2v) is 2.38. The molecular weight excluding hydrogens is 125 g/mol. The number of amides is 1. The van der Waals surface area contributed by atoms with Crippen LogP contribution >= 0.6 is 0 Å². The Hall–Kier alpha value is -0.595. The van der Waals surface area contributed by atoms with Gasteiger partial charge in [0, 0.05) is 0 Å². The Morgan fingerprint density at radius 3 is 2.80 bits per heavy atom. The van der Waals surface area contributed by atoms with Gasteiger partial charge in [0.1, 0.15) is 0 Å². The Labute approximate surface area is 63.1 Å². The molecule has 0 aromatic carbocycles. The van der Waals surface area contributed by atoms with Crippen molar-refractivity contribution in [3.05, 3.63) is 0 Å². The molecule has 0 fully saturated rings. The number of rotatable bonds is 4. The molecule has 10 heavy (non-hydrogen) atoms. The molecule has 55 valence electrons. The first-order chi connectivity index (χ1) is 4.70. The van der Waals surface area contributed by atoms with Crippen LogP contribution in [0.2, 0.25) is 0 Å². The summed E-state index contributed by atoms with van der Waals surface area (Å²) >= 11 is 0. The summed E-state index contributed by atoms with van der Waals surface area (Å²) in [6.07, 6.45) is 1.39. The molecule has 0 saturated carbocycles. The van der Waals surface area contributed by atoms with Crippen molar-refractivity contribution in [3.8, 4) is 0 Å². The zero-order chi connectivity index (χ0) is 7.98. The second-order valence-electron chi connectivity index (χ2n) is 2.38. The summed E-state index contributed by atoms with van der Waals surface area (Å²) in [5, 5.41) is 2.55. The van der Waals surface area contributed by atoms with E-state index >= 15 is 0 Å². The van der Waals surface area contributed by atoms with Crippen LogP contribution in [0.25, 0.3) is 0 Å². The molecule has 0 aliphatic carbocycles. The van der Waals surface area contributed by atoms with Gasteiger partial charge in [-0.25, -0.2) is 0 Å². The maximum atomic E-state index is 10.7. The van der Waals surface area contributed by atoms with E-state index in [1.54, 1.807) is 13.0 Å². The molecule has 0 aromatic heterocycles. The van der Waals surface area contributed by atoms with Gasteiger partial charge in [-0.2, -0.15) is 0 Å². The number of hydrogen-bond donors (Lipinski definition) is 1. The summed E-state index contributed by atoms with van der Waals surface area (Å²) in [7, 11) is 6.88. The van der Waals surface area contributed by atoms with Crippen LogP contribution in [0.1, 0.15) is 19.8 Å². The zero-order valence-electron chi connectivity index (χ0n) is 6.55. The third-order valence-electron chi connectivity index (χ3n) is 1.43. The molecule has 1 radical (unpaired) electrons. The average Bonchev–Trinajstić information content (AvgIpc) is 1.99. The zero-order valence-corrected chi connectivity index (χ0v) is 6.55. The van der Waals surface area contributed by atoms with Gasteiger partial charge in [0.15, 0.2) is 0 Å². The topological polar surface area (TPSA) is 29.1 Å². The van der Waals surface area contributed by atoms with E-state index in [1.165, 1.54) is 0 Å². The number of hydrogen-bond acceptors (Lipinski definition) is 1. The minimum atomic E-state index is 0.0775. The summed E-state index contributed by atoms with van der Waals surface area (Å²) in [5.41, 5.74) is 0. The number of carbonyl (C=O) groups is 1. The molecule has 3 heteroatoms. The summed E-state index contributed by atoms with van der Waals surface area (Å²) < 4.78 is 0. The van der Waals surface area contributed by atoms with Gasteiger partial charge in [-0.15, -0.1) is 0 Å². The molecule has 1 N–H and O–H groups in total. The molecule has 1 unspecified atom stereocenters. The van der Waals surface area contributed by atoms with E-state index in [9.17, 15) is 4.79 Å². The molecule has 0 aliphatic heterocycles. The van der Waals surface area contributed by atoms with Crippen molar-refractivity contribution < 1.29 is 4.79 Å². The third-order valence-corrected chi connectivity index (χ3v) is 1.43. The first-order valence-corrected chi connectivity index (χ1v) is 3.46. The predicted molar refractivity (Wildman–Crippen MR) is 44.3 cm³/mol. The van der Waals surface area contributed by atoms with Crippen molar-refractivity contribution in [2.24, 2.45) is 5.92 Å². The maximum absolute atomic E-state index is 10.7. The van der Waals surface area contributed by atoms with Crippen LogP contribution in [0.4, 0.5) is 0 Å². The average molecular weight is 138 g/mol. The van der Waals surface area contributed by atoms with Crippen LogP contribution in [0, 0.1) is 5.92 Å². The molecule has 2 nitrogen and oxygen atoms in total. The fourth-order valence-corrected chi connectivity index (χ4v) is 0.580. The standard InChI is InChI=1S/C7H13BNO/c1-6(5-8)3-4-7(10)9-2/h5-6H,3-4H2,1-2H3,(H,9,10). The fourth-order valence-electron chi connectivity index (χ4n) is 0.580. The second kappa shape index (κ2) is 5.21. The van der Waals surface area contributed by atoms with Gasteiger partial charge in [0.05, 0.1) is 0 Å². The quantitative estimate of drug-likeness (QED) is 0.549. The first kappa shape index (κ1) is 9.40. The Balaban J connectivity index is 3.34. The molecular formula is C7H13BNO. The molecule has 0 aromatic rings. The fraction of sp³-hybridized carbons (Fsp3) is 0.714. The van der Waals surface area contributed by atoms with Gasteiger partial charge >= 0.3 is 62.2 Å².